The average Bonchev–Trinajstić information content (AvgIpc) is 2.74. The Balaban J connectivity index is 1.92. The highest BCUT2D eigenvalue weighted by Gasteiger charge is 2.32. The molecule has 0 bridgehead atoms. The lowest BCUT2D eigenvalue weighted by Gasteiger charge is -2.44. The second kappa shape index (κ2) is 9.63. The molecule has 2 heterocycles. The van der Waals surface area contributed by atoms with Crippen molar-refractivity contribution in [1.29, 1.82) is 5.26 Å². The van der Waals surface area contributed by atoms with Crippen LogP contribution in [0.25, 0.3) is 0 Å². The molecule has 1 unspecified atom stereocenters. The molecule has 8 nitrogen and oxygen atoms in total. The summed E-state index contributed by atoms with van der Waals surface area (Å²) < 4.78 is 5.41. The van der Waals surface area contributed by atoms with Crippen molar-refractivity contribution < 1.29 is 4.74 Å². The first-order chi connectivity index (χ1) is 14.4. The van der Waals surface area contributed by atoms with Gasteiger partial charge in [0.05, 0.1) is 18.8 Å². The summed E-state index contributed by atoms with van der Waals surface area (Å²) in [5.74, 6) is 2.42. The van der Waals surface area contributed by atoms with Gasteiger partial charge >= 0.3 is 0 Å². The number of halogens is 1. The molecular weight excluding hydrogens is 402 g/mol. The number of hydrogen-bond acceptors (Lipinski definition) is 6. The van der Waals surface area contributed by atoms with Gasteiger partial charge in [-0.05, 0) is 42.6 Å². The Morgan fingerprint density at radius 1 is 1.37 bits per heavy atom. The van der Waals surface area contributed by atoms with E-state index in [1.54, 1.807) is 13.3 Å². The predicted molar refractivity (Wildman–Crippen MR) is 118 cm³/mol. The van der Waals surface area contributed by atoms with Gasteiger partial charge in [0.2, 0.25) is 11.2 Å². The molecule has 1 saturated heterocycles. The number of aliphatic imine (C=N–C) groups is 1. The molecule has 0 amide bonds. The Morgan fingerprint density at radius 3 is 2.83 bits per heavy atom. The maximum Gasteiger partial charge on any atom is 0.224 e. The number of anilines is 1. The molecule has 0 saturated carbocycles. The maximum absolute atomic E-state index is 9.37. The molecule has 2 aromatic rings. The van der Waals surface area contributed by atoms with Crippen LogP contribution < -0.4 is 15.0 Å². The average molecular weight is 428 g/mol. The fourth-order valence-electron chi connectivity index (χ4n) is 3.63. The first kappa shape index (κ1) is 21.7. The largest absolute Gasteiger partial charge is 0.496 e. The highest BCUT2D eigenvalue weighted by atomic mass is 35.5. The van der Waals surface area contributed by atoms with Crippen molar-refractivity contribution in [2.45, 2.75) is 26.8 Å². The van der Waals surface area contributed by atoms with E-state index in [0.29, 0.717) is 18.4 Å². The molecule has 0 spiro atoms. The van der Waals surface area contributed by atoms with Crippen molar-refractivity contribution in [3.63, 3.8) is 0 Å². The lowest BCUT2D eigenvalue weighted by molar-refractivity contribution is 0.220. The number of nitriles is 1. The van der Waals surface area contributed by atoms with E-state index in [1.165, 1.54) is 0 Å². The van der Waals surface area contributed by atoms with E-state index in [2.05, 4.69) is 38.9 Å². The zero-order valence-electron chi connectivity index (χ0n) is 17.6. The van der Waals surface area contributed by atoms with Crippen LogP contribution in [0.5, 0.6) is 5.75 Å². The van der Waals surface area contributed by atoms with Gasteiger partial charge in [-0.2, -0.15) is 5.26 Å². The zero-order chi connectivity index (χ0) is 21.7. The monoisotopic (exact) mass is 427 g/mol. The normalized spacial score (nSPS) is 17.1. The number of guanidine groups is 1. The third-order valence-electron chi connectivity index (χ3n) is 5.27. The number of nitrogens with one attached hydrogen (secondary N) is 1. The van der Waals surface area contributed by atoms with Gasteiger partial charge in [0.15, 0.2) is 6.19 Å². The van der Waals surface area contributed by atoms with E-state index >= 15 is 0 Å². The van der Waals surface area contributed by atoms with E-state index in [1.807, 2.05) is 37.4 Å². The first-order valence-corrected chi connectivity index (χ1v) is 10.2. The Kier molecular flexibility index (Phi) is 6.95. The molecule has 1 atom stereocenters. The summed E-state index contributed by atoms with van der Waals surface area (Å²) in [5, 5.41) is 12.4. The Morgan fingerprint density at radius 2 is 2.17 bits per heavy atom. The molecule has 1 aliphatic heterocycles. The molecule has 1 fully saturated rings. The van der Waals surface area contributed by atoms with Crippen LogP contribution in [0.4, 0.5) is 11.5 Å². The van der Waals surface area contributed by atoms with Gasteiger partial charge in [0.1, 0.15) is 11.6 Å². The number of hydrogen-bond donors (Lipinski definition) is 1. The maximum atomic E-state index is 9.37. The van der Waals surface area contributed by atoms with E-state index < -0.39 is 0 Å². The molecule has 3 rings (SSSR count). The third-order valence-corrected chi connectivity index (χ3v) is 5.45. The second-order valence-corrected chi connectivity index (χ2v) is 7.75. The highest BCUT2D eigenvalue weighted by molar-refractivity contribution is 6.28. The molecule has 1 N–H and O–H groups in total. The fraction of sp³-hybridized carbons (Fsp3) is 0.429. The minimum Gasteiger partial charge on any atom is -0.496 e. The SMILES string of the molecule is COc1cccc(N=C(NC#N)N2CCN(c3ccnc(Cl)n3)CC2C(C)C)c1C. The standard InChI is InChI=1S/C21H26ClN7O/c1-14(2)17-12-28(19-8-9-24-20(22)27-19)10-11-29(17)21(25-13-23)26-16-6-5-7-18(30-4)15(16)3/h5-9,14,17H,10-12H2,1-4H3,(H,25,26). The summed E-state index contributed by atoms with van der Waals surface area (Å²) in [4.78, 5) is 17.4. The van der Waals surface area contributed by atoms with Crippen LogP contribution in [-0.4, -0.2) is 53.6 Å². The Hall–Kier alpha value is -3.05. The molecule has 1 aromatic heterocycles. The van der Waals surface area contributed by atoms with E-state index in [9.17, 15) is 5.26 Å². The molecule has 30 heavy (non-hydrogen) atoms. The molecule has 158 valence electrons. The summed E-state index contributed by atoms with van der Waals surface area (Å²) in [6.07, 6.45) is 3.70. The number of aromatic nitrogens is 2. The van der Waals surface area contributed by atoms with Crippen molar-refractivity contribution in [2.75, 3.05) is 31.6 Å². The summed E-state index contributed by atoms with van der Waals surface area (Å²) in [5.41, 5.74) is 1.69. The van der Waals surface area contributed by atoms with Gasteiger partial charge in [0.25, 0.3) is 0 Å². The smallest absolute Gasteiger partial charge is 0.224 e. The zero-order valence-corrected chi connectivity index (χ0v) is 18.4. The highest BCUT2D eigenvalue weighted by Crippen LogP contribution is 2.29. The minimum atomic E-state index is 0.123. The molecule has 0 aliphatic carbocycles. The van der Waals surface area contributed by atoms with Gasteiger partial charge in [0, 0.05) is 31.4 Å². The Bertz CT molecular complexity index is 957. The van der Waals surface area contributed by atoms with Crippen LogP contribution in [-0.2, 0) is 0 Å². The van der Waals surface area contributed by atoms with Crippen LogP contribution in [0.15, 0.2) is 35.5 Å². The molecule has 9 heteroatoms. The molecular formula is C21H26ClN7O. The number of rotatable bonds is 4. The quantitative estimate of drug-likeness (QED) is 0.263. The van der Waals surface area contributed by atoms with E-state index in [-0.39, 0.29) is 11.3 Å². The van der Waals surface area contributed by atoms with Gasteiger partial charge in [-0.25, -0.2) is 15.0 Å². The fourth-order valence-corrected chi connectivity index (χ4v) is 3.77. The Labute approximate surface area is 182 Å². The van der Waals surface area contributed by atoms with Gasteiger partial charge < -0.3 is 14.5 Å². The summed E-state index contributed by atoms with van der Waals surface area (Å²) in [6.45, 7) is 8.41. The van der Waals surface area contributed by atoms with Crippen LogP contribution in [0.3, 0.4) is 0 Å². The van der Waals surface area contributed by atoms with E-state index in [4.69, 9.17) is 21.3 Å². The van der Waals surface area contributed by atoms with Crippen molar-refractivity contribution in [3.05, 3.63) is 41.3 Å². The first-order valence-electron chi connectivity index (χ1n) is 9.82. The lowest BCUT2D eigenvalue weighted by Crippen LogP contribution is -2.59. The predicted octanol–water partition coefficient (Wildman–Crippen LogP) is 3.35. The lowest BCUT2D eigenvalue weighted by atomic mass is 9.99. The second-order valence-electron chi connectivity index (χ2n) is 7.41. The van der Waals surface area contributed by atoms with Gasteiger partial charge in [-0.1, -0.05) is 19.9 Å². The number of piperazine rings is 1. The third kappa shape index (κ3) is 4.74. The summed E-state index contributed by atoms with van der Waals surface area (Å²) in [7, 11) is 1.64. The van der Waals surface area contributed by atoms with Crippen LogP contribution >= 0.6 is 11.6 Å². The van der Waals surface area contributed by atoms with E-state index in [0.717, 1.165) is 35.9 Å². The van der Waals surface area contributed by atoms with Crippen LogP contribution in [0.2, 0.25) is 5.28 Å². The van der Waals surface area contributed by atoms with Crippen LogP contribution in [0, 0.1) is 24.3 Å². The summed E-state index contributed by atoms with van der Waals surface area (Å²) in [6, 6.07) is 7.69. The topological polar surface area (TPSA) is 89.7 Å². The van der Waals surface area contributed by atoms with Crippen molar-refractivity contribution in [3.8, 4) is 11.9 Å². The van der Waals surface area contributed by atoms with Gasteiger partial charge in [-0.15, -0.1) is 0 Å². The number of benzene rings is 1. The van der Waals surface area contributed by atoms with Crippen molar-refractivity contribution in [1.82, 2.24) is 20.2 Å². The molecule has 1 aromatic carbocycles. The number of nitrogens with zero attached hydrogens (tertiary/aromatic N) is 6. The minimum absolute atomic E-state index is 0.123. The number of methoxy groups -OCH3 is 1. The number of ether oxygens (including phenoxy) is 1. The molecule has 0 radical (unpaired) electrons. The molecule has 1 aliphatic rings. The van der Waals surface area contributed by atoms with Gasteiger partial charge in [-0.3, -0.25) is 5.32 Å². The van der Waals surface area contributed by atoms with Crippen molar-refractivity contribution in [2.24, 2.45) is 10.9 Å². The van der Waals surface area contributed by atoms with Crippen molar-refractivity contribution >= 4 is 29.1 Å². The summed E-state index contributed by atoms with van der Waals surface area (Å²) >= 11 is 5.98. The van der Waals surface area contributed by atoms with Crippen LogP contribution in [0.1, 0.15) is 19.4 Å².